The molecule has 1 rings (SSSR count). The van der Waals surface area contributed by atoms with Crippen molar-refractivity contribution < 1.29 is 9.47 Å². The highest BCUT2D eigenvalue weighted by atomic mass is 32.1. The van der Waals surface area contributed by atoms with Crippen molar-refractivity contribution in [3.05, 3.63) is 23.8 Å². The molecule has 0 N–H and O–H groups in total. The smallest absolute Gasteiger partial charge is 0.161 e. The molecule has 20 heavy (non-hydrogen) atoms. The molecule has 0 fully saturated rings. The molecule has 1 aromatic carbocycles. The summed E-state index contributed by atoms with van der Waals surface area (Å²) in [6, 6.07) is 6.27. The van der Waals surface area contributed by atoms with E-state index < -0.39 is 0 Å². The van der Waals surface area contributed by atoms with E-state index in [1.165, 1.54) is 5.56 Å². The van der Waals surface area contributed by atoms with Crippen LogP contribution in [0.25, 0.3) is 0 Å². The fourth-order valence-electron chi connectivity index (χ4n) is 1.74. The van der Waals surface area contributed by atoms with Gasteiger partial charge in [-0.15, -0.1) is 0 Å². The SMILES string of the molecule is CC(C)COc1ccc(CCCS)cc1OCC(C)C. The van der Waals surface area contributed by atoms with Gasteiger partial charge in [0.25, 0.3) is 0 Å². The minimum atomic E-state index is 0.508. The Labute approximate surface area is 129 Å². The zero-order valence-electron chi connectivity index (χ0n) is 13.2. The monoisotopic (exact) mass is 296 g/mol. The van der Waals surface area contributed by atoms with Crippen molar-refractivity contribution in [2.75, 3.05) is 19.0 Å². The summed E-state index contributed by atoms with van der Waals surface area (Å²) in [5.74, 6) is 3.66. The van der Waals surface area contributed by atoms with E-state index in [1.807, 2.05) is 6.07 Å². The van der Waals surface area contributed by atoms with Crippen molar-refractivity contribution in [3.8, 4) is 11.5 Å². The summed E-state index contributed by atoms with van der Waals surface area (Å²) in [4.78, 5) is 0. The van der Waals surface area contributed by atoms with E-state index in [4.69, 9.17) is 9.47 Å². The van der Waals surface area contributed by atoms with Gasteiger partial charge in [-0.05, 0) is 48.1 Å². The molecule has 0 saturated heterocycles. The van der Waals surface area contributed by atoms with E-state index in [9.17, 15) is 0 Å². The van der Waals surface area contributed by atoms with Crippen LogP contribution in [0.15, 0.2) is 18.2 Å². The zero-order valence-corrected chi connectivity index (χ0v) is 14.1. The molecule has 0 aliphatic carbocycles. The van der Waals surface area contributed by atoms with Gasteiger partial charge < -0.3 is 9.47 Å². The molecule has 0 aromatic heterocycles. The number of thiol groups is 1. The summed E-state index contributed by atoms with van der Waals surface area (Å²) in [5, 5.41) is 0. The van der Waals surface area contributed by atoms with E-state index in [2.05, 4.69) is 52.5 Å². The van der Waals surface area contributed by atoms with Gasteiger partial charge >= 0.3 is 0 Å². The van der Waals surface area contributed by atoms with Crippen LogP contribution < -0.4 is 9.47 Å². The zero-order chi connectivity index (χ0) is 15.0. The third kappa shape index (κ3) is 6.56. The molecule has 0 aliphatic heterocycles. The van der Waals surface area contributed by atoms with E-state index >= 15 is 0 Å². The van der Waals surface area contributed by atoms with E-state index in [-0.39, 0.29) is 0 Å². The molecular formula is C17H28O2S. The first-order valence-electron chi connectivity index (χ1n) is 7.52. The van der Waals surface area contributed by atoms with Crippen molar-refractivity contribution in [2.24, 2.45) is 11.8 Å². The lowest BCUT2D eigenvalue weighted by Crippen LogP contribution is -2.09. The molecule has 1 aromatic rings. The summed E-state index contributed by atoms with van der Waals surface area (Å²) in [7, 11) is 0. The highest BCUT2D eigenvalue weighted by molar-refractivity contribution is 7.80. The van der Waals surface area contributed by atoms with Crippen LogP contribution in [0, 0.1) is 11.8 Å². The molecule has 0 aliphatic rings. The third-order valence-electron chi connectivity index (χ3n) is 2.78. The average Bonchev–Trinajstić information content (AvgIpc) is 2.41. The van der Waals surface area contributed by atoms with E-state index in [0.29, 0.717) is 25.0 Å². The maximum atomic E-state index is 5.91. The quantitative estimate of drug-likeness (QED) is 0.670. The maximum absolute atomic E-state index is 5.91. The summed E-state index contributed by atoms with van der Waals surface area (Å²) in [5.41, 5.74) is 1.29. The number of hydrogen-bond acceptors (Lipinski definition) is 3. The molecule has 0 heterocycles. The Balaban J connectivity index is 2.79. The standard InChI is InChI=1S/C17H28O2S/c1-13(2)11-18-16-8-7-15(6-5-9-20)10-17(16)19-12-14(3)4/h7-8,10,13-14,20H,5-6,9,11-12H2,1-4H3. The normalized spacial score (nSPS) is 11.2. The van der Waals surface area contributed by atoms with E-state index in [1.54, 1.807) is 0 Å². The third-order valence-corrected chi connectivity index (χ3v) is 3.09. The molecule has 0 unspecified atom stereocenters. The first-order valence-corrected chi connectivity index (χ1v) is 8.15. The molecule has 0 spiro atoms. The summed E-state index contributed by atoms with van der Waals surface area (Å²) in [6.45, 7) is 10.0. The largest absolute Gasteiger partial charge is 0.489 e. The summed E-state index contributed by atoms with van der Waals surface area (Å²) in [6.07, 6.45) is 2.12. The van der Waals surface area contributed by atoms with E-state index in [0.717, 1.165) is 30.1 Å². The van der Waals surface area contributed by atoms with Crippen LogP contribution in [0.1, 0.15) is 39.7 Å². The van der Waals surface area contributed by atoms with Crippen LogP contribution in [0.5, 0.6) is 11.5 Å². The van der Waals surface area contributed by atoms with Gasteiger partial charge in [0, 0.05) is 0 Å². The molecule has 0 radical (unpaired) electrons. The lowest BCUT2D eigenvalue weighted by Gasteiger charge is -2.16. The minimum absolute atomic E-state index is 0.508. The molecule has 3 heteroatoms. The van der Waals surface area contributed by atoms with Gasteiger partial charge in [0.1, 0.15) is 0 Å². The molecule has 2 nitrogen and oxygen atoms in total. The van der Waals surface area contributed by atoms with Crippen LogP contribution in [0.4, 0.5) is 0 Å². The summed E-state index contributed by atoms with van der Waals surface area (Å²) >= 11 is 4.27. The Hall–Kier alpha value is -0.830. The van der Waals surface area contributed by atoms with Gasteiger partial charge in [0.05, 0.1) is 13.2 Å². The molecule has 114 valence electrons. The van der Waals surface area contributed by atoms with Gasteiger partial charge in [-0.2, -0.15) is 12.6 Å². The van der Waals surface area contributed by atoms with Crippen LogP contribution in [0.3, 0.4) is 0 Å². The number of ether oxygens (including phenoxy) is 2. The molecule has 0 saturated carbocycles. The predicted octanol–water partition coefficient (Wildman–Crippen LogP) is 4.62. The number of rotatable bonds is 9. The van der Waals surface area contributed by atoms with Crippen molar-refractivity contribution in [3.63, 3.8) is 0 Å². The molecule has 0 bridgehead atoms. The van der Waals surface area contributed by atoms with Crippen molar-refractivity contribution in [1.82, 2.24) is 0 Å². The first kappa shape index (κ1) is 17.2. The van der Waals surface area contributed by atoms with Crippen molar-refractivity contribution in [1.29, 1.82) is 0 Å². The number of aryl methyl sites for hydroxylation is 1. The Morgan fingerprint density at radius 3 is 2.10 bits per heavy atom. The Kier molecular flexibility index (Phi) is 7.90. The van der Waals surface area contributed by atoms with Crippen molar-refractivity contribution >= 4 is 12.6 Å². The van der Waals surface area contributed by atoms with Crippen LogP contribution in [0.2, 0.25) is 0 Å². The van der Waals surface area contributed by atoms with Gasteiger partial charge in [-0.25, -0.2) is 0 Å². The highest BCUT2D eigenvalue weighted by Crippen LogP contribution is 2.30. The second kappa shape index (κ2) is 9.17. The second-order valence-electron chi connectivity index (χ2n) is 6.02. The van der Waals surface area contributed by atoms with Gasteiger partial charge in [-0.1, -0.05) is 33.8 Å². The Morgan fingerprint density at radius 1 is 0.950 bits per heavy atom. The Morgan fingerprint density at radius 2 is 1.55 bits per heavy atom. The molecule has 0 atom stereocenters. The van der Waals surface area contributed by atoms with Gasteiger partial charge in [-0.3, -0.25) is 0 Å². The Bertz CT molecular complexity index is 389. The second-order valence-corrected chi connectivity index (χ2v) is 6.47. The topological polar surface area (TPSA) is 18.5 Å². The van der Waals surface area contributed by atoms with Gasteiger partial charge in [0.15, 0.2) is 11.5 Å². The number of hydrogen-bond donors (Lipinski definition) is 1. The first-order chi connectivity index (χ1) is 9.52. The lowest BCUT2D eigenvalue weighted by molar-refractivity contribution is 0.229. The van der Waals surface area contributed by atoms with Crippen LogP contribution >= 0.6 is 12.6 Å². The minimum Gasteiger partial charge on any atom is -0.489 e. The van der Waals surface area contributed by atoms with Crippen molar-refractivity contribution in [2.45, 2.75) is 40.5 Å². The lowest BCUT2D eigenvalue weighted by atomic mass is 10.1. The molecular weight excluding hydrogens is 268 g/mol. The fourth-order valence-corrected chi connectivity index (χ4v) is 1.89. The predicted molar refractivity (Wildman–Crippen MR) is 89.3 cm³/mol. The molecule has 0 amide bonds. The summed E-state index contributed by atoms with van der Waals surface area (Å²) < 4.78 is 11.8. The maximum Gasteiger partial charge on any atom is 0.161 e. The average molecular weight is 296 g/mol. The van der Waals surface area contributed by atoms with Crippen LogP contribution in [-0.4, -0.2) is 19.0 Å². The fraction of sp³-hybridized carbons (Fsp3) is 0.647. The van der Waals surface area contributed by atoms with Crippen LogP contribution in [-0.2, 0) is 6.42 Å². The number of benzene rings is 1. The van der Waals surface area contributed by atoms with Gasteiger partial charge in [0.2, 0.25) is 0 Å². The highest BCUT2D eigenvalue weighted by Gasteiger charge is 2.09.